The monoisotopic (exact) mass is 367 g/mol. The van der Waals surface area contributed by atoms with Crippen molar-refractivity contribution in [3.63, 3.8) is 0 Å². The van der Waals surface area contributed by atoms with E-state index in [2.05, 4.69) is 14.9 Å². The molecule has 7 heteroatoms. The Morgan fingerprint density at radius 1 is 0.923 bits per heavy atom. The minimum atomic E-state index is -3.73. The molecule has 4 aromatic rings. The van der Waals surface area contributed by atoms with Crippen LogP contribution in [0.2, 0.25) is 0 Å². The summed E-state index contributed by atoms with van der Waals surface area (Å²) in [5.41, 5.74) is 2.23. The molecule has 0 unspecified atom stereocenters. The molecule has 0 saturated carbocycles. The van der Waals surface area contributed by atoms with Gasteiger partial charge in [-0.3, -0.25) is 9.82 Å². The summed E-state index contributed by atoms with van der Waals surface area (Å²) in [6, 6.07) is 19.5. The number of aromatic amines is 1. The molecule has 0 aliphatic carbocycles. The van der Waals surface area contributed by atoms with Crippen molar-refractivity contribution >= 4 is 26.6 Å². The van der Waals surface area contributed by atoms with Crippen LogP contribution in [0.15, 0.2) is 77.7 Å². The van der Waals surface area contributed by atoms with Gasteiger partial charge in [-0.15, -0.1) is 0 Å². The summed E-state index contributed by atoms with van der Waals surface area (Å²) >= 11 is 0. The first-order valence-electron chi connectivity index (χ1n) is 7.85. The van der Waals surface area contributed by atoms with Gasteiger partial charge in [0.2, 0.25) is 0 Å². The van der Waals surface area contributed by atoms with Crippen LogP contribution >= 0.6 is 0 Å². The normalized spacial score (nSPS) is 11.6. The Morgan fingerprint density at radius 3 is 2.54 bits per heavy atom. The quantitative estimate of drug-likeness (QED) is 0.568. The number of hydrogen-bond acceptors (Lipinski definition) is 3. The summed E-state index contributed by atoms with van der Waals surface area (Å²) in [7, 11) is -3.73. The molecule has 0 bridgehead atoms. The third-order valence-electron chi connectivity index (χ3n) is 3.97. The zero-order valence-corrected chi connectivity index (χ0v) is 14.3. The molecule has 0 saturated heterocycles. The van der Waals surface area contributed by atoms with E-state index in [0.29, 0.717) is 22.5 Å². The molecule has 0 fully saturated rings. The standard InChI is InChI=1S/C19H14FN3O2S/c20-14-9-10-17-18(12-14)21-22-19(17)13-5-4-8-16(11-13)26(24,25)23-15-6-2-1-3-7-15/h1-12,23H,(H,21,22). The first-order valence-corrected chi connectivity index (χ1v) is 9.33. The van der Waals surface area contributed by atoms with Crippen molar-refractivity contribution < 1.29 is 12.8 Å². The Balaban J connectivity index is 1.74. The highest BCUT2D eigenvalue weighted by Gasteiger charge is 2.16. The fourth-order valence-electron chi connectivity index (χ4n) is 2.74. The van der Waals surface area contributed by atoms with Crippen LogP contribution in [0.25, 0.3) is 22.2 Å². The van der Waals surface area contributed by atoms with Gasteiger partial charge >= 0.3 is 0 Å². The van der Waals surface area contributed by atoms with E-state index in [-0.39, 0.29) is 10.7 Å². The maximum Gasteiger partial charge on any atom is 0.261 e. The van der Waals surface area contributed by atoms with Crippen LogP contribution in [0, 0.1) is 5.82 Å². The summed E-state index contributed by atoms with van der Waals surface area (Å²) in [6.45, 7) is 0. The summed E-state index contributed by atoms with van der Waals surface area (Å²) in [6.07, 6.45) is 0. The smallest absolute Gasteiger partial charge is 0.261 e. The summed E-state index contributed by atoms with van der Waals surface area (Å²) < 4.78 is 41.2. The maximum atomic E-state index is 13.3. The number of anilines is 1. The number of nitrogens with one attached hydrogen (secondary N) is 2. The highest BCUT2D eigenvalue weighted by Crippen LogP contribution is 2.28. The lowest BCUT2D eigenvalue weighted by atomic mass is 10.1. The number of benzene rings is 3. The summed E-state index contributed by atoms with van der Waals surface area (Å²) in [4.78, 5) is 0.122. The van der Waals surface area contributed by atoms with Gasteiger partial charge in [-0.1, -0.05) is 30.3 Å². The van der Waals surface area contributed by atoms with Crippen LogP contribution in [0.5, 0.6) is 0 Å². The molecule has 0 aliphatic heterocycles. The highest BCUT2D eigenvalue weighted by molar-refractivity contribution is 7.92. The van der Waals surface area contributed by atoms with E-state index < -0.39 is 10.0 Å². The van der Waals surface area contributed by atoms with Gasteiger partial charge in [-0.2, -0.15) is 5.10 Å². The van der Waals surface area contributed by atoms with Gasteiger partial charge in [0.15, 0.2) is 0 Å². The average molecular weight is 367 g/mol. The van der Waals surface area contributed by atoms with Gasteiger partial charge in [0.1, 0.15) is 5.82 Å². The maximum absolute atomic E-state index is 13.3. The lowest BCUT2D eigenvalue weighted by Crippen LogP contribution is -2.12. The predicted molar refractivity (Wildman–Crippen MR) is 98.7 cm³/mol. The number of rotatable bonds is 4. The molecule has 1 aromatic heterocycles. The molecule has 26 heavy (non-hydrogen) atoms. The number of sulfonamides is 1. The van der Waals surface area contributed by atoms with Crippen LogP contribution in [0.3, 0.4) is 0 Å². The molecule has 0 aliphatic rings. The van der Waals surface area contributed by atoms with E-state index in [1.54, 1.807) is 48.5 Å². The zero-order chi connectivity index (χ0) is 18.1. The minimum absolute atomic E-state index is 0.122. The molecule has 0 radical (unpaired) electrons. The third-order valence-corrected chi connectivity index (χ3v) is 5.35. The van der Waals surface area contributed by atoms with Gasteiger partial charge in [-0.05, 0) is 42.5 Å². The fraction of sp³-hybridized carbons (Fsp3) is 0. The minimum Gasteiger partial charge on any atom is -0.280 e. The largest absolute Gasteiger partial charge is 0.280 e. The second-order valence-corrected chi connectivity index (χ2v) is 7.44. The molecular weight excluding hydrogens is 353 g/mol. The topological polar surface area (TPSA) is 74.8 Å². The average Bonchev–Trinajstić information content (AvgIpc) is 3.05. The van der Waals surface area contributed by atoms with Crippen molar-refractivity contribution in [2.24, 2.45) is 0 Å². The number of halogens is 1. The van der Waals surface area contributed by atoms with E-state index in [4.69, 9.17) is 0 Å². The fourth-order valence-corrected chi connectivity index (χ4v) is 3.85. The van der Waals surface area contributed by atoms with Gasteiger partial charge in [0.25, 0.3) is 10.0 Å². The second-order valence-electron chi connectivity index (χ2n) is 5.76. The molecular formula is C19H14FN3O2S. The summed E-state index contributed by atoms with van der Waals surface area (Å²) in [5, 5.41) is 7.70. The third kappa shape index (κ3) is 3.04. The van der Waals surface area contributed by atoms with Crippen molar-refractivity contribution in [3.05, 3.63) is 78.6 Å². The molecule has 1 heterocycles. The lowest BCUT2D eigenvalue weighted by molar-refractivity contribution is 0.601. The Morgan fingerprint density at radius 2 is 1.73 bits per heavy atom. The van der Waals surface area contributed by atoms with Crippen molar-refractivity contribution in [1.82, 2.24) is 10.2 Å². The van der Waals surface area contributed by atoms with E-state index in [0.717, 1.165) is 5.39 Å². The van der Waals surface area contributed by atoms with Crippen molar-refractivity contribution in [1.29, 1.82) is 0 Å². The van der Waals surface area contributed by atoms with Crippen LogP contribution < -0.4 is 4.72 Å². The molecule has 130 valence electrons. The summed E-state index contributed by atoms with van der Waals surface area (Å²) in [5.74, 6) is -0.365. The van der Waals surface area contributed by atoms with Crippen LogP contribution in [0.4, 0.5) is 10.1 Å². The van der Waals surface area contributed by atoms with Crippen LogP contribution in [0.1, 0.15) is 0 Å². The first-order chi connectivity index (χ1) is 12.5. The van der Waals surface area contributed by atoms with E-state index in [1.807, 2.05) is 6.07 Å². The number of aromatic nitrogens is 2. The van der Waals surface area contributed by atoms with Gasteiger partial charge in [-0.25, -0.2) is 12.8 Å². The zero-order valence-electron chi connectivity index (χ0n) is 13.5. The van der Waals surface area contributed by atoms with Gasteiger partial charge in [0.05, 0.1) is 16.1 Å². The SMILES string of the molecule is O=S(=O)(Nc1ccccc1)c1cccc(-c2n[nH]c3cc(F)ccc23)c1. The molecule has 3 aromatic carbocycles. The Bertz CT molecular complexity index is 1190. The molecule has 0 spiro atoms. The van der Waals surface area contributed by atoms with E-state index in [9.17, 15) is 12.8 Å². The highest BCUT2D eigenvalue weighted by atomic mass is 32.2. The first kappa shape index (κ1) is 16.3. The Kier molecular flexibility index (Phi) is 3.93. The number of nitrogens with zero attached hydrogens (tertiary/aromatic N) is 1. The molecule has 2 N–H and O–H groups in total. The Labute approximate surface area is 149 Å². The molecule has 0 amide bonds. The van der Waals surface area contributed by atoms with Crippen molar-refractivity contribution in [3.8, 4) is 11.3 Å². The predicted octanol–water partition coefficient (Wildman–Crippen LogP) is 4.17. The Hall–Kier alpha value is -3.19. The number of fused-ring (bicyclic) bond motifs is 1. The number of hydrogen-bond donors (Lipinski definition) is 2. The van der Waals surface area contributed by atoms with Crippen molar-refractivity contribution in [2.75, 3.05) is 4.72 Å². The van der Waals surface area contributed by atoms with Gasteiger partial charge in [0, 0.05) is 16.6 Å². The van der Waals surface area contributed by atoms with E-state index in [1.165, 1.54) is 18.2 Å². The number of para-hydroxylation sites is 1. The van der Waals surface area contributed by atoms with Crippen molar-refractivity contribution in [2.45, 2.75) is 4.90 Å². The molecule has 5 nitrogen and oxygen atoms in total. The lowest BCUT2D eigenvalue weighted by Gasteiger charge is -2.09. The van der Waals surface area contributed by atoms with Crippen LogP contribution in [-0.4, -0.2) is 18.6 Å². The number of H-pyrrole nitrogens is 1. The van der Waals surface area contributed by atoms with E-state index >= 15 is 0 Å². The molecule has 0 atom stereocenters. The van der Waals surface area contributed by atoms with Crippen LogP contribution in [-0.2, 0) is 10.0 Å². The second kappa shape index (κ2) is 6.27. The van der Waals surface area contributed by atoms with Gasteiger partial charge < -0.3 is 0 Å². The molecule has 4 rings (SSSR count).